The lowest BCUT2D eigenvalue weighted by Crippen LogP contribution is -2.22. The average Bonchev–Trinajstić information content (AvgIpc) is 3.25. The number of nitrogens with zero attached hydrogens (tertiary/aromatic N) is 2. The topological polar surface area (TPSA) is 90.4 Å². The molecule has 1 N–H and O–H groups in total. The lowest BCUT2D eigenvalue weighted by molar-refractivity contribution is 0.0835. The highest BCUT2D eigenvalue weighted by molar-refractivity contribution is 7.97. The second-order valence-electron chi connectivity index (χ2n) is 4.93. The molecule has 1 saturated heterocycles. The molecule has 0 spiro atoms. The largest absolute Gasteiger partial charge is 0.455 e. The van der Waals surface area contributed by atoms with Crippen LogP contribution in [0.15, 0.2) is 21.1 Å². The Morgan fingerprint density at radius 2 is 2.41 bits per heavy atom. The van der Waals surface area contributed by atoms with E-state index in [2.05, 4.69) is 15.5 Å². The highest BCUT2D eigenvalue weighted by Gasteiger charge is 2.24. The van der Waals surface area contributed by atoms with Crippen molar-refractivity contribution in [2.45, 2.75) is 31.2 Å². The minimum Gasteiger partial charge on any atom is -0.455 e. The summed E-state index contributed by atoms with van der Waals surface area (Å²) in [7, 11) is 0. The van der Waals surface area contributed by atoms with Gasteiger partial charge in [0.05, 0.1) is 12.3 Å². The Hall–Kier alpha value is -1.80. The van der Waals surface area contributed by atoms with Gasteiger partial charge in [0.25, 0.3) is 11.8 Å². The van der Waals surface area contributed by atoms with Crippen LogP contribution in [0.1, 0.15) is 47.0 Å². The van der Waals surface area contributed by atoms with Crippen LogP contribution in [-0.4, -0.2) is 28.9 Å². The van der Waals surface area contributed by atoms with Crippen LogP contribution in [-0.2, 0) is 17.0 Å². The zero-order valence-electron chi connectivity index (χ0n) is 12.2. The van der Waals surface area contributed by atoms with Crippen molar-refractivity contribution in [3.63, 3.8) is 0 Å². The predicted octanol–water partition coefficient (Wildman–Crippen LogP) is 2.31. The molecule has 0 bridgehead atoms. The molecular formula is C14H17N3O4S. The van der Waals surface area contributed by atoms with Crippen LogP contribution in [0, 0.1) is 0 Å². The van der Waals surface area contributed by atoms with E-state index in [9.17, 15) is 4.79 Å². The van der Waals surface area contributed by atoms with Gasteiger partial charge in [-0.1, -0.05) is 5.16 Å². The van der Waals surface area contributed by atoms with Gasteiger partial charge in [-0.15, -0.1) is 0 Å². The van der Waals surface area contributed by atoms with E-state index in [1.807, 2.05) is 6.26 Å². The van der Waals surface area contributed by atoms with Crippen LogP contribution >= 0.6 is 11.8 Å². The van der Waals surface area contributed by atoms with E-state index in [1.54, 1.807) is 23.9 Å². The monoisotopic (exact) mass is 323 g/mol. The Balaban J connectivity index is 1.54. The molecule has 22 heavy (non-hydrogen) atoms. The molecule has 3 heterocycles. The first-order valence-corrected chi connectivity index (χ1v) is 8.45. The number of hydrogen-bond donors (Lipinski definition) is 1. The number of furan rings is 1. The minimum absolute atomic E-state index is 0.115. The number of amides is 1. The fourth-order valence-electron chi connectivity index (χ4n) is 2.21. The number of carbonyl (C=O) groups is 1. The van der Waals surface area contributed by atoms with Gasteiger partial charge in [-0.3, -0.25) is 4.79 Å². The molecule has 0 saturated carbocycles. The van der Waals surface area contributed by atoms with Crippen LogP contribution in [0.4, 0.5) is 0 Å². The number of aromatic nitrogens is 2. The first kappa shape index (κ1) is 15.1. The molecule has 1 unspecified atom stereocenters. The van der Waals surface area contributed by atoms with Crippen LogP contribution in [0.5, 0.6) is 0 Å². The minimum atomic E-state index is -0.296. The molecule has 1 aliphatic rings. The maximum absolute atomic E-state index is 12.0. The molecule has 7 nitrogen and oxygen atoms in total. The molecule has 2 aromatic rings. The number of hydrogen-bond acceptors (Lipinski definition) is 7. The van der Waals surface area contributed by atoms with Gasteiger partial charge in [-0.2, -0.15) is 16.7 Å². The normalized spacial score (nSPS) is 17.8. The van der Waals surface area contributed by atoms with Crippen LogP contribution in [0.3, 0.4) is 0 Å². The summed E-state index contributed by atoms with van der Waals surface area (Å²) in [4.78, 5) is 16.2. The van der Waals surface area contributed by atoms with Gasteiger partial charge < -0.3 is 19.0 Å². The molecule has 0 radical (unpaired) electrons. The molecule has 1 atom stereocenters. The highest BCUT2D eigenvalue weighted by atomic mass is 32.2. The summed E-state index contributed by atoms with van der Waals surface area (Å²) in [6.45, 7) is 0.906. The zero-order chi connectivity index (χ0) is 15.4. The van der Waals surface area contributed by atoms with Crippen LogP contribution in [0.25, 0.3) is 0 Å². The Labute approximate surface area is 131 Å². The predicted molar refractivity (Wildman–Crippen MR) is 79.3 cm³/mol. The fourth-order valence-corrected chi connectivity index (χ4v) is 2.65. The van der Waals surface area contributed by atoms with E-state index in [0.717, 1.165) is 31.0 Å². The van der Waals surface area contributed by atoms with Crippen molar-refractivity contribution in [2.24, 2.45) is 0 Å². The summed E-state index contributed by atoms with van der Waals surface area (Å²) >= 11 is 1.64. The Morgan fingerprint density at radius 3 is 3.18 bits per heavy atom. The summed E-state index contributed by atoms with van der Waals surface area (Å²) in [5.41, 5.74) is 0. The average molecular weight is 323 g/mol. The van der Waals surface area contributed by atoms with Gasteiger partial charge in [0.1, 0.15) is 11.9 Å². The number of nitrogens with one attached hydrogen (secondary N) is 1. The first-order chi connectivity index (χ1) is 10.8. The standard InChI is InChI=1S/C14H17N3O4S/c1-22-8-9-4-5-10(20-9)13(18)15-7-12-16-14(21-17-12)11-3-2-6-19-11/h4-5,11H,2-3,6-8H2,1H3,(H,15,18). The second kappa shape index (κ2) is 6.97. The van der Waals surface area contributed by atoms with E-state index in [-0.39, 0.29) is 24.3 Å². The Bertz CT molecular complexity index is 634. The van der Waals surface area contributed by atoms with Crippen LogP contribution in [0.2, 0.25) is 0 Å². The smallest absolute Gasteiger partial charge is 0.287 e. The van der Waals surface area contributed by atoms with Gasteiger partial charge >= 0.3 is 0 Å². The molecule has 1 amide bonds. The third kappa shape index (κ3) is 3.50. The first-order valence-electron chi connectivity index (χ1n) is 7.06. The SMILES string of the molecule is CSCc1ccc(C(=O)NCc2noc(C3CCCO3)n2)o1. The van der Waals surface area contributed by atoms with Gasteiger partial charge in [0, 0.05) is 6.61 Å². The second-order valence-corrected chi connectivity index (χ2v) is 5.80. The van der Waals surface area contributed by atoms with Gasteiger partial charge in [-0.05, 0) is 31.2 Å². The van der Waals surface area contributed by atoms with Crippen molar-refractivity contribution in [1.29, 1.82) is 0 Å². The number of ether oxygens (including phenoxy) is 1. The molecule has 8 heteroatoms. The van der Waals surface area contributed by atoms with Gasteiger partial charge in [0.15, 0.2) is 11.6 Å². The summed E-state index contributed by atoms with van der Waals surface area (Å²) in [5.74, 6) is 2.40. The van der Waals surface area contributed by atoms with Crippen molar-refractivity contribution in [2.75, 3.05) is 12.9 Å². The molecule has 0 aromatic carbocycles. The summed E-state index contributed by atoms with van der Waals surface area (Å²) in [5, 5.41) is 6.56. The summed E-state index contributed by atoms with van der Waals surface area (Å²) in [6.07, 6.45) is 3.75. The maximum Gasteiger partial charge on any atom is 0.287 e. The molecule has 0 aliphatic carbocycles. The van der Waals surface area contributed by atoms with Crippen molar-refractivity contribution >= 4 is 17.7 Å². The van der Waals surface area contributed by atoms with Gasteiger partial charge in [-0.25, -0.2) is 0 Å². The molecule has 118 valence electrons. The number of carbonyl (C=O) groups excluding carboxylic acids is 1. The lowest BCUT2D eigenvalue weighted by Gasteiger charge is -2.01. The van der Waals surface area contributed by atoms with Crippen molar-refractivity contribution in [1.82, 2.24) is 15.5 Å². The fraction of sp³-hybridized carbons (Fsp3) is 0.500. The summed E-state index contributed by atoms with van der Waals surface area (Å²) in [6, 6.07) is 3.46. The molecule has 3 rings (SSSR count). The van der Waals surface area contributed by atoms with E-state index in [4.69, 9.17) is 13.7 Å². The van der Waals surface area contributed by atoms with E-state index < -0.39 is 0 Å². The molecule has 1 aliphatic heterocycles. The molecular weight excluding hydrogens is 306 g/mol. The highest BCUT2D eigenvalue weighted by Crippen LogP contribution is 2.26. The third-order valence-electron chi connectivity index (χ3n) is 3.27. The van der Waals surface area contributed by atoms with Crippen molar-refractivity contribution in [3.8, 4) is 0 Å². The Kier molecular flexibility index (Phi) is 4.79. The number of thioether (sulfide) groups is 1. The van der Waals surface area contributed by atoms with Gasteiger partial charge in [0.2, 0.25) is 0 Å². The van der Waals surface area contributed by atoms with E-state index >= 15 is 0 Å². The van der Waals surface area contributed by atoms with E-state index in [0.29, 0.717) is 11.7 Å². The Morgan fingerprint density at radius 1 is 1.50 bits per heavy atom. The third-order valence-corrected chi connectivity index (χ3v) is 3.84. The van der Waals surface area contributed by atoms with Crippen molar-refractivity contribution < 1.29 is 18.5 Å². The number of rotatable bonds is 6. The lowest BCUT2D eigenvalue weighted by atomic mass is 10.2. The van der Waals surface area contributed by atoms with Crippen molar-refractivity contribution in [3.05, 3.63) is 35.4 Å². The zero-order valence-corrected chi connectivity index (χ0v) is 13.0. The summed E-state index contributed by atoms with van der Waals surface area (Å²) < 4.78 is 16.1. The quantitative estimate of drug-likeness (QED) is 0.872. The molecule has 1 fully saturated rings. The van der Waals surface area contributed by atoms with E-state index in [1.165, 1.54) is 0 Å². The maximum atomic E-state index is 12.0. The van der Waals surface area contributed by atoms with Crippen LogP contribution < -0.4 is 5.32 Å². The molecule has 2 aromatic heterocycles.